The van der Waals surface area contributed by atoms with Crippen molar-refractivity contribution in [3.8, 4) is 11.1 Å². The van der Waals surface area contributed by atoms with Crippen molar-refractivity contribution in [2.75, 3.05) is 4.90 Å². The van der Waals surface area contributed by atoms with Gasteiger partial charge in [-0.15, -0.1) is 11.3 Å². The lowest BCUT2D eigenvalue weighted by molar-refractivity contribution is 0.854. The first-order valence-electron chi connectivity index (χ1n) is 15.6. The van der Waals surface area contributed by atoms with E-state index in [4.69, 9.17) is 0 Å². The fourth-order valence-electron chi connectivity index (χ4n) is 6.29. The van der Waals surface area contributed by atoms with Crippen molar-refractivity contribution in [2.45, 2.75) is 26.2 Å². The van der Waals surface area contributed by atoms with Crippen LogP contribution in [0.2, 0.25) is 0 Å². The highest BCUT2D eigenvalue weighted by Gasteiger charge is 2.22. The first-order valence-corrected chi connectivity index (χ1v) is 16.4. The highest BCUT2D eigenvalue weighted by molar-refractivity contribution is 7.26. The number of anilines is 3. The van der Waals surface area contributed by atoms with E-state index in [-0.39, 0.29) is 0 Å². The minimum atomic E-state index is 0.428. The Balaban J connectivity index is 0.00000153. The van der Waals surface area contributed by atoms with E-state index < -0.39 is 0 Å². The molecule has 1 nitrogen and oxygen atoms in total. The van der Waals surface area contributed by atoms with Gasteiger partial charge in [-0.25, -0.2) is 0 Å². The summed E-state index contributed by atoms with van der Waals surface area (Å²) in [5.74, 6) is 0.428. The predicted molar refractivity (Wildman–Crippen MR) is 194 cm³/mol. The summed E-state index contributed by atoms with van der Waals surface area (Å²) < 4.78 is 2.64. The van der Waals surface area contributed by atoms with Crippen LogP contribution < -0.4 is 4.90 Å². The molecular formula is C42H35NS. The molecule has 0 amide bonds. The van der Waals surface area contributed by atoms with Crippen LogP contribution in [-0.4, -0.2) is 0 Å². The third-order valence-electron chi connectivity index (χ3n) is 8.38. The summed E-state index contributed by atoms with van der Waals surface area (Å²) in [6.07, 6.45) is 9.91. The number of para-hydroxylation sites is 1. The molecule has 2 heteroatoms. The third kappa shape index (κ3) is 5.12. The molecule has 0 saturated carbocycles. The number of hydrogen-bond acceptors (Lipinski definition) is 2. The Kier molecular flexibility index (Phi) is 7.83. The minimum absolute atomic E-state index is 0.428. The van der Waals surface area contributed by atoms with E-state index in [2.05, 4.69) is 163 Å². The Bertz CT molecular complexity index is 2120. The van der Waals surface area contributed by atoms with Crippen LogP contribution in [-0.2, 0) is 0 Å². The van der Waals surface area contributed by atoms with Crippen molar-refractivity contribution in [1.82, 2.24) is 0 Å². The number of allylic oxidation sites excluding steroid dienone is 4. The quantitative estimate of drug-likeness (QED) is 0.194. The zero-order chi connectivity index (χ0) is 29.9. The van der Waals surface area contributed by atoms with Crippen LogP contribution in [0, 0.1) is 0 Å². The molecule has 1 aromatic heterocycles. The molecule has 1 aliphatic rings. The first-order chi connectivity index (χ1) is 21.8. The second-order valence-corrected chi connectivity index (χ2v) is 12.0. The molecule has 44 heavy (non-hydrogen) atoms. The zero-order valence-electron chi connectivity index (χ0n) is 25.2. The van der Waals surface area contributed by atoms with E-state index >= 15 is 0 Å². The van der Waals surface area contributed by atoms with Crippen LogP contribution >= 0.6 is 11.3 Å². The Morgan fingerprint density at radius 2 is 1.34 bits per heavy atom. The van der Waals surface area contributed by atoms with E-state index in [1.54, 1.807) is 0 Å². The van der Waals surface area contributed by atoms with Crippen LogP contribution in [0.5, 0.6) is 0 Å². The molecule has 0 spiro atoms. The molecule has 6 aromatic carbocycles. The van der Waals surface area contributed by atoms with E-state index in [1.807, 2.05) is 25.2 Å². The summed E-state index contributed by atoms with van der Waals surface area (Å²) in [6.45, 7) is 4.00. The van der Waals surface area contributed by atoms with Gasteiger partial charge >= 0.3 is 0 Å². The molecule has 8 rings (SSSR count). The second-order valence-electron chi connectivity index (χ2n) is 10.9. The summed E-state index contributed by atoms with van der Waals surface area (Å²) in [7, 11) is 0. The standard InChI is InChI=1S/C40H29NS.C2H6/c1-3-11-28(12-4-1)30-21-23-34(24-22-30)41(33-15-5-2-6-16-33)37-26-25-36-35-17-9-10-18-38(35)42-40(36)39(37)32-20-19-29-13-7-8-14-31(29)27-32;1-2/h1-11,13-28H,12H2;1-2H3. The van der Waals surface area contributed by atoms with Gasteiger partial charge in [-0.1, -0.05) is 129 Å². The molecule has 1 heterocycles. The number of thiophene rings is 1. The van der Waals surface area contributed by atoms with E-state index in [1.165, 1.54) is 53.3 Å². The van der Waals surface area contributed by atoms with Crippen LogP contribution in [0.1, 0.15) is 31.7 Å². The lowest BCUT2D eigenvalue weighted by Crippen LogP contribution is -2.11. The van der Waals surface area contributed by atoms with Gasteiger partial charge in [0.05, 0.1) is 5.69 Å². The third-order valence-corrected chi connectivity index (χ3v) is 9.58. The van der Waals surface area contributed by atoms with Gasteiger partial charge in [0.1, 0.15) is 0 Å². The molecule has 0 saturated heterocycles. The number of rotatable bonds is 5. The van der Waals surface area contributed by atoms with E-state index in [0.717, 1.165) is 17.8 Å². The highest BCUT2D eigenvalue weighted by atomic mass is 32.1. The van der Waals surface area contributed by atoms with Crippen molar-refractivity contribution < 1.29 is 0 Å². The number of hydrogen-bond donors (Lipinski definition) is 0. The summed E-state index contributed by atoms with van der Waals surface area (Å²) >= 11 is 1.89. The van der Waals surface area contributed by atoms with Gasteiger partial charge < -0.3 is 4.90 Å². The molecule has 1 unspecified atom stereocenters. The van der Waals surface area contributed by atoms with Crippen LogP contribution in [0.4, 0.5) is 17.1 Å². The molecule has 0 bridgehead atoms. The molecule has 214 valence electrons. The molecule has 0 radical (unpaired) electrons. The fourth-order valence-corrected chi connectivity index (χ4v) is 7.56. The fraction of sp³-hybridized carbons (Fsp3) is 0.0952. The zero-order valence-corrected chi connectivity index (χ0v) is 26.0. The number of fused-ring (bicyclic) bond motifs is 4. The van der Waals surface area contributed by atoms with Crippen molar-refractivity contribution in [3.05, 3.63) is 163 Å². The SMILES string of the molecule is C1=CCC(c2ccc(N(c3ccccc3)c3ccc4c(sc5ccccc54)c3-c3ccc4ccccc4c3)cc2)C=C1.CC. The van der Waals surface area contributed by atoms with Gasteiger partial charge in [-0.2, -0.15) is 0 Å². The summed E-state index contributed by atoms with van der Waals surface area (Å²) in [5, 5.41) is 5.14. The van der Waals surface area contributed by atoms with Crippen LogP contribution in [0.3, 0.4) is 0 Å². The first kappa shape index (κ1) is 27.9. The van der Waals surface area contributed by atoms with Crippen molar-refractivity contribution in [3.63, 3.8) is 0 Å². The van der Waals surface area contributed by atoms with Gasteiger partial charge in [0, 0.05) is 43.0 Å². The summed E-state index contributed by atoms with van der Waals surface area (Å²) in [4.78, 5) is 2.43. The molecule has 0 fully saturated rings. The topological polar surface area (TPSA) is 3.24 Å². The van der Waals surface area contributed by atoms with Gasteiger partial charge in [-0.3, -0.25) is 0 Å². The lowest BCUT2D eigenvalue weighted by atomic mass is 9.92. The van der Waals surface area contributed by atoms with Crippen molar-refractivity contribution >= 4 is 59.3 Å². The molecular weight excluding hydrogens is 551 g/mol. The van der Waals surface area contributed by atoms with Crippen molar-refractivity contribution in [1.29, 1.82) is 0 Å². The monoisotopic (exact) mass is 585 g/mol. The number of benzene rings is 6. The Morgan fingerprint density at radius 1 is 0.614 bits per heavy atom. The van der Waals surface area contributed by atoms with Gasteiger partial charge in [0.2, 0.25) is 0 Å². The maximum absolute atomic E-state index is 2.43. The van der Waals surface area contributed by atoms with Gasteiger partial charge in [0.25, 0.3) is 0 Å². The van der Waals surface area contributed by atoms with Crippen LogP contribution in [0.25, 0.3) is 42.1 Å². The summed E-state index contributed by atoms with van der Waals surface area (Å²) in [6, 6.07) is 48.9. The van der Waals surface area contributed by atoms with Crippen LogP contribution in [0.15, 0.2) is 158 Å². The maximum atomic E-state index is 2.43. The molecule has 0 N–H and O–H groups in total. The number of nitrogens with zero attached hydrogens (tertiary/aromatic N) is 1. The average Bonchev–Trinajstić information content (AvgIpc) is 3.49. The lowest BCUT2D eigenvalue weighted by Gasteiger charge is -2.29. The smallest absolute Gasteiger partial charge is 0.0554 e. The summed E-state index contributed by atoms with van der Waals surface area (Å²) in [5.41, 5.74) is 7.34. The molecule has 1 atom stereocenters. The molecule has 1 aliphatic carbocycles. The average molecular weight is 586 g/mol. The Hall–Kier alpha value is -4.92. The molecule has 7 aromatic rings. The Labute approximate surface area is 264 Å². The largest absolute Gasteiger partial charge is 0.310 e. The minimum Gasteiger partial charge on any atom is -0.310 e. The van der Waals surface area contributed by atoms with Crippen molar-refractivity contribution in [2.24, 2.45) is 0 Å². The van der Waals surface area contributed by atoms with Gasteiger partial charge in [0.15, 0.2) is 0 Å². The molecule has 0 aliphatic heterocycles. The predicted octanol–water partition coefficient (Wildman–Crippen LogP) is 13.0. The normalized spacial score (nSPS) is 14.1. The van der Waals surface area contributed by atoms with E-state index in [9.17, 15) is 0 Å². The second kappa shape index (κ2) is 12.4. The Morgan fingerprint density at radius 3 is 2.14 bits per heavy atom. The van der Waals surface area contributed by atoms with E-state index in [0.29, 0.717) is 5.92 Å². The highest BCUT2D eigenvalue weighted by Crippen LogP contribution is 2.48. The van der Waals surface area contributed by atoms with Gasteiger partial charge in [-0.05, 0) is 70.8 Å². The maximum Gasteiger partial charge on any atom is 0.0554 e.